The molecule has 22 heavy (non-hydrogen) atoms. The molecule has 0 amide bonds. The van der Waals surface area contributed by atoms with Gasteiger partial charge in [0.05, 0.1) is 44.1 Å². The summed E-state index contributed by atoms with van der Waals surface area (Å²) in [5.41, 5.74) is 24.2. The maximum absolute atomic E-state index is 5.56. The van der Waals surface area contributed by atoms with E-state index in [0.717, 1.165) is 5.75 Å². The quantitative estimate of drug-likeness (QED) is 0.635. The minimum absolute atomic E-state index is 0.493. The Balaban J connectivity index is 0.000000224. The van der Waals surface area contributed by atoms with E-state index in [1.165, 1.54) is 0 Å². The van der Waals surface area contributed by atoms with E-state index < -0.39 is 0 Å². The third kappa shape index (κ3) is 4.27. The molecular weight excluding hydrogens is 284 g/mol. The van der Waals surface area contributed by atoms with Crippen molar-refractivity contribution in [2.24, 2.45) is 0 Å². The van der Waals surface area contributed by atoms with Crippen molar-refractivity contribution in [3.05, 3.63) is 30.3 Å². The van der Waals surface area contributed by atoms with Gasteiger partial charge in [0.2, 0.25) is 0 Å². The maximum atomic E-state index is 5.56. The van der Waals surface area contributed by atoms with Crippen LogP contribution < -0.4 is 37.1 Å². The number of anilines is 4. The van der Waals surface area contributed by atoms with Gasteiger partial charge in [-0.25, -0.2) is 0 Å². The monoisotopic (exact) mass is 306 g/mol. The number of hydrogen-bond acceptors (Lipinski definition) is 7. The second-order valence-electron chi connectivity index (χ2n) is 4.33. The highest BCUT2D eigenvalue weighted by Gasteiger charge is 2.05. The molecule has 0 radical (unpaired) electrons. The van der Waals surface area contributed by atoms with E-state index in [4.69, 9.17) is 37.1 Å². The predicted molar refractivity (Wildman–Crippen MR) is 90.2 cm³/mol. The average molecular weight is 306 g/mol. The number of benzene rings is 2. The second-order valence-corrected chi connectivity index (χ2v) is 4.33. The average Bonchev–Trinajstić information content (AvgIpc) is 2.52. The molecule has 120 valence electrons. The number of ether oxygens (including phenoxy) is 3. The Bertz CT molecular complexity index is 603. The lowest BCUT2D eigenvalue weighted by Gasteiger charge is -2.09. The lowest BCUT2D eigenvalue weighted by Crippen LogP contribution is -1.97. The Hall–Kier alpha value is -2.96. The van der Waals surface area contributed by atoms with Crippen LogP contribution in [0.4, 0.5) is 22.7 Å². The fourth-order valence-corrected chi connectivity index (χ4v) is 1.59. The molecular formula is C15H22N4O3. The van der Waals surface area contributed by atoms with Crippen LogP contribution in [0.3, 0.4) is 0 Å². The van der Waals surface area contributed by atoms with Gasteiger partial charge in [0, 0.05) is 18.2 Å². The van der Waals surface area contributed by atoms with Crippen LogP contribution in [0.1, 0.15) is 0 Å². The molecule has 0 heterocycles. The van der Waals surface area contributed by atoms with Crippen LogP contribution in [0.2, 0.25) is 0 Å². The maximum Gasteiger partial charge on any atom is 0.162 e. The third-order valence-electron chi connectivity index (χ3n) is 2.88. The molecule has 0 bridgehead atoms. The highest BCUT2D eigenvalue weighted by atomic mass is 16.5. The molecule has 0 fully saturated rings. The summed E-state index contributed by atoms with van der Waals surface area (Å²) in [6, 6.07) is 8.44. The highest BCUT2D eigenvalue weighted by Crippen LogP contribution is 2.32. The van der Waals surface area contributed by atoms with E-state index in [1.807, 2.05) is 0 Å². The molecule has 0 unspecified atom stereocenters. The molecule has 2 rings (SSSR count). The van der Waals surface area contributed by atoms with Crippen molar-refractivity contribution in [3.63, 3.8) is 0 Å². The van der Waals surface area contributed by atoms with E-state index in [1.54, 1.807) is 51.7 Å². The van der Waals surface area contributed by atoms with Gasteiger partial charge in [0.25, 0.3) is 0 Å². The zero-order valence-corrected chi connectivity index (χ0v) is 12.9. The zero-order valence-electron chi connectivity index (χ0n) is 12.9. The van der Waals surface area contributed by atoms with Gasteiger partial charge in [-0.05, 0) is 12.1 Å². The number of nitrogen functional groups attached to an aromatic ring is 4. The van der Waals surface area contributed by atoms with Crippen molar-refractivity contribution in [1.29, 1.82) is 0 Å². The predicted octanol–water partition coefficient (Wildman–Crippen LogP) is 1.73. The summed E-state index contributed by atoms with van der Waals surface area (Å²) in [5, 5.41) is 0. The molecule has 0 saturated heterocycles. The van der Waals surface area contributed by atoms with Crippen LogP contribution in [-0.2, 0) is 0 Å². The summed E-state index contributed by atoms with van der Waals surface area (Å²) in [6.07, 6.45) is 0. The molecule has 0 aromatic heterocycles. The number of nitrogens with two attached hydrogens (primary N) is 4. The van der Waals surface area contributed by atoms with Crippen LogP contribution in [0.5, 0.6) is 17.2 Å². The Morgan fingerprint density at radius 2 is 1.05 bits per heavy atom. The number of rotatable bonds is 3. The SMILES string of the molecule is COc1cc(N)c(N)cc1OC.COc1ccc(N)c(N)c1. The first kappa shape index (κ1) is 17.1. The molecule has 0 atom stereocenters. The molecule has 0 saturated carbocycles. The van der Waals surface area contributed by atoms with Crippen molar-refractivity contribution in [3.8, 4) is 17.2 Å². The fourth-order valence-electron chi connectivity index (χ4n) is 1.59. The Labute approximate surface area is 129 Å². The van der Waals surface area contributed by atoms with Gasteiger partial charge in [-0.3, -0.25) is 0 Å². The summed E-state index contributed by atoms with van der Waals surface area (Å²) >= 11 is 0. The van der Waals surface area contributed by atoms with Crippen LogP contribution in [0, 0.1) is 0 Å². The van der Waals surface area contributed by atoms with E-state index in [9.17, 15) is 0 Å². The van der Waals surface area contributed by atoms with Gasteiger partial charge in [-0.15, -0.1) is 0 Å². The minimum atomic E-state index is 0.493. The van der Waals surface area contributed by atoms with Gasteiger partial charge in [0.15, 0.2) is 11.5 Å². The molecule has 0 aliphatic rings. The first-order valence-electron chi connectivity index (χ1n) is 6.38. The summed E-state index contributed by atoms with van der Waals surface area (Å²) in [5.74, 6) is 1.90. The molecule has 0 aliphatic heterocycles. The Morgan fingerprint density at radius 1 is 0.591 bits per heavy atom. The smallest absolute Gasteiger partial charge is 0.162 e. The van der Waals surface area contributed by atoms with Crippen molar-refractivity contribution in [1.82, 2.24) is 0 Å². The lowest BCUT2D eigenvalue weighted by molar-refractivity contribution is 0.355. The van der Waals surface area contributed by atoms with E-state index in [-0.39, 0.29) is 0 Å². The van der Waals surface area contributed by atoms with Gasteiger partial charge in [-0.1, -0.05) is 0 Å². The molecule has 0 spiro atoms. The third-order valence-corrected chi connectivity index (χ3v) is 2.88. The van der Waals surface area contributed by atoms with Crippen LogP contribution in [0.15, 0.2) is 30.3 Å². The number of hydrogen-bond donors (Lipinski definition) is 4. The molecule has 7 heteroatoms. The molecule has 2 aromatic carbocycles. The first-order valence-corrected chi connectivity index (χ1v) is 6.38. The van der Waals surface area contributed by atoms with Gasteiger partial charge in [-0.2, -0.15) is 0 Å². The Kier molecular flexibility index (Phi) is 6.00. The van der Waals surface area contributed by atoms with Gasteiger partial charge < -0.3 is 37.1 Å². The fraction of sp³-hybridized carbons (Fsp3) is 0.200. The second kappa shape index (κ2) is 7.72. The topological polar surface area (TPSA) is 132 Å². The van der Waals surface area contributed by atoms with Crippen LogP contribution >= 0.6 is 0 Å². The first-order chi connectivity index (χ1) is 10.4. The lowest BCUT2D eigenvalue weighted by atomic mass is 10.2. The molecule has 2 aromatic rings. The number of methoxy groups -OCH3 is 3. The molecule has 8 N–H and O–H groups in total. The van der Waals surface area contributed by atoms with Gasteiger partial charge >= 0.3 is 0 Å². The van der Waals surface area contributed by atoms with E-state index >= 15 is 0 Å². The summed E-state index contributed by atoms with van der Waals surface area (Å²) in [6.45, 7) is 0. The summed E-state index contributed by atoms with van der Waals surface area (Å²) < 4.78 is 14.9. The largest absolute Gasteiger partial charge is 0.497 e. The standard InChI is InChI=1S/C8H12N2O2.C7H10N2O/c1-11-7-3-5(9)6(10)4-8(7)12-2;1-10-5-2-3-6(8)7(9)4-5/h3-4H,9-10H2,1-2H3;2-4H,8-9H2,1H3. The normalized spacial score (nSPS) is 9.41. The summed E-state index contributed by atoms with van der Waals surface area (Å²) in [4.78, 5) is 0. The van der Waals surface area contributed by atoms with Crippen molar-refractivity contribution in [2.75, 3.05) is 44.3 Å². The zero-order chi connectivity index (χ0) is 16.7. The Morgan fingerprint density at radius 3 is 1.41 bits per heavy atom. The van der Waals surface area contributed by atoms with Crippen LogP contribution in [-0.4, -0.2) is 21.3 Å². The minimum Gasteiger partial charge on any atom is -0.497 e. The highest BCUT2D eigenvalue weighted by molar-refractivity contribution is 5.69. The van der Waals surface area contributed by atoms with Crippen molar-refractivity contribution in [2.45, 2.75) is 0 Å². The van der Waals surface area contributed by atoms with Crippen LogP contribution in [0.25, 0.3) is 0 Å². The van der Waals surface area contributed by atoms with E-state index in [2.05, 4.69) is 0 Å². The molecule has 0 aliphatic carbocycles. The molecule has 7 nitrogen and oxygen atoms in total. The van der Waals surface area contributed by atoms with E-state index in [0.29, 0.717) is 34.2 Å². The van der Waals surface area contributed by atoms with Gasteiger partial charge in [0.1, 0.15) is 5.75 Å². The van der Waals surface area contributed by atoms with Crippen molar-refractivity contribution < 1.29 is 14.2 Å². The summed E-state index contributed by atoms with van der Waals surface area (Å²) in [7, 11) is 4.69. The van der Waals surface area contributed by atoms with Crippen molar-refractivity contribution >= 4 is 22.7 Å².